The molecule has 4 rings (SSSR count). The van der Waals surface area contributed by atoms with Gasteiger partial charge in [-0.05, 0) is 42.0 Å². The molecular weight excluding hydrogens is 374 g/mol. The summed E-state index contributed by atoms with van der Waals surface area (Å²) in [4.78, 5) is 18.6. The van der Waals surface area contributed by atoms with Crippen molar-refractivity contribution in [1.29, 1.82) is 0 Å². The van der Waals surface area contributed by atoms with Gasteiger partial charge in [-0.3, -0.25) is 4.79 Å². The lowest BCUT2D eigenvalue weighted by Crippen LogP contribution is -2.45. The molecule has 1 amide bonds. The van der Waals surface area contributed by atoms with Crippen LogP contribution in [0.25, 0.3) is 10.8 Å². The largest absolute Gasteiger partial charge is 0.497 e. The number of benzene rings is 1. The SMILES string of the molecule is COc1ccc(C2(C(=O)NCc3noc(-c4cccs4)n3)CCCCC2)cc1. The predicted octanol–water partition coefficient (Wildman–Crippen LogP) is 4.33. The van der Waals surface area contributed by atoms with E-state index in [0.29, 0.717) is 11.7 Å². The number of nitrogens with zero attached hydrogens (tertiary/aromatic N) is 2. The minimum atomic E-state index is -0.509. The molecule has 0 bridgehead atoms. The Morgan fingerprint density at radius 2 is 2.00 bits per heavy atom. The number of thiophene rings is 1. The van der Waals surface area contributed by atoms with Gasteiger partial charge in [0.2, 0.25) is 5.91 Å². The third kappa shape index (κ3) is 3.67. The Morgan fingerprint density at radius 1 is 1.21 bits per heavy atom. The lowest BCUT2D eigenvalue weighted by atomic mass is 9.68. The summed E-state index contributed by atoms with van der Waals surface area (Å²) in [6.07, 6.45) is 4.95. The van der Waals surface area contributed by atoms with E-state index in [0.717, 1.165) is 41.9 Å². The smallest absolute Gasteiger partial charge is 0.268 e. The maximum Gasteiger partial charge on any atom is 0.268 e. The van der Waals surface area contributed by atoms with Gasteiger partial charge < -0.3 is 14.6 Å². The number of hydrogen-bond donors (Lipinski definition) is 1. The van der Waals surface area contributed by atoms with E-state index < -0.39 is 5.41 Å². The molecule has 0 atom stereocenters. The normalized spacial score (nSPS) is 15.9. The van der Waals surface area contributed by atoms with Gasteiger partial charge in [0.05, 0.1) is 23.9 Å². The minimum absolute atomic E-state index is 0.0276. The second-order valence-corrected chi connectivity index (χ2v) is 7.99. The van der Waals surface area contributed by atoms with Crippen LogP contribution in [0.1, 0.15) is 43.5 Å². The second-order valence-electron chi connectivity index (χ2n) is 7.05. The van der Waals surface area contributed by atoms with Crippen molar-refractivity contribution < 1.29 is 14.1 Å². The van der Waals surface area contributed by atoms with Crippen LogP contribution in [0.4, 0.5) is 0 Å². The molecule has 1 aliphatic carbocycles. The Hall–Kier alpha value is -2.67. The molecule has 1 fully saturated rings. The number of carbonyl (C=O) groups is 1. The van der Waals surface area contributed by atoms with E-state index in [4.69, 9.17) is 9.26 Å². The number of aromatic nitrogens is 2. The number of hydrogen-bond acceptors (Lipinski definition) is 6. The van der Waals surface area contributed by atoms with E-state index in [9.17, 15) is 4.79 Å². The first-order valence-corrected chi connectivity index (χ1v) is 10.4. The molecule has 0 aliphatic heterocycles. The van der Waals surface area contributed by atoms with Gasteiger partial charge >= 0.3 is 0 Å². The van der Waals surface area contributed by atoms with Gasteiger partial charge in [0, 0.05) is 0 Å². The first-order chi connectivity index (χ1) is 13.7. The van der Waals surface area contributed by atoms with Crippen molar-refractivity contribution in [1.82, 2.24) is 15.5 Å². The van der Waals surface area contributed by atoms with Gasteiger partial charge in [-0.25, -0.2) is 0 Å². The Labute approximate surface area is 167 Å². The second kappa shape index (κ2) is 8.14. The van der Waals surface area contributed by atoms with E-state index in [-0.39, 0.29) is 12.5 Å². The zero-order valence-corrected chi connectivity index (χ0v) is 16.6. The summed E-state index contributed by atoms with van der Waals surface area (Å²) in [5, 5.41) is 9.00. The van der Waals surface area contributed by atoms with Crippen LogP contribution >= 0.6 is 11.3 Å². The Morgan fingerprint density at radius 3 is 2.68 bits per heavy atom. The lowest BCUT2D eigenvalue weighted by molar-refractivity contribution is -0.128. The van der Waals surface area contributed by atoms with Crippen molar-refractivity contribution in [3.63, 3.8) is 0 Å². The number of rotatable bonds is 6. The van der Waals surface area contributed by atoms with Crippen LogP contribution in [0.5, 0.6) is 5.75 Å². The summed E-state index contributed by atoms with van der Waals surface area (Å²) in [5.41, 5.74) is 0.531. The number of carbonyl (C=O) groups excluding carboxylic acids is 1. The number of amides is 1. The fourth-order valence-electron chi connectivity index (χ4n) is 3.87. The van der Waals surface area contributed by atoms with Gasteiger partial charge in [-0.2, -0.15) is 4.98 Å². The highest BCUT2D eigenvalue weighted by atomic mass is 32.1. The van der Waals surface area contributed by atoms with Crippen molar-refractivity contribution >= 4 is 17.2 Å². The van der Waals surface area contributed by atoms with Crippen LogP contribution in [-0.4, -0.2) is 23.2 Å². The average Bonchev–Trinajstić information content (AvgIpc) is 3.44. The molecule has 0 unspecified atom stereocenters. The number of ether oxygens (including phenoxy) is 1. The van der Waals surface area contributed by atoms with Gasteiger partial charge in [0.1, 0.15) is 5.75 Å². The monoisotopic (exact) mass is 397 g/mol. The standard InChI is InChI=1S/C21H23N3O3S/c1-26-16-9-7-15(8-10-16)21(11-3-2-4-12-21)20(25)22-14-18-23-19(27-24-18)17-6-5-13-28-17/h5-10,13H,2-4,11-12,14H2,1H3,(H,22,25). The first-order valence-electron chi connectivity index (χ1n) is 9.50. The van der Waals surface area contributed by atoms with Crippen molar-refractivity contribution in [2.75, 3.05) is 7.11 Å². The maximum absolute atomic E-state index is 13.3. The third-order valence-electron chi connectivity index (χ3n) is 5.39. The molecule has 1 N–H and O–H groups in total. The highest BCUT2D eigenvalue weighted by molar-refractivity contribution is 7.13. The zero-order valence-electron chi connectivity index (χ0n) is 15.8. The predicted molar refractivity (Wildman–Crippen MR) is 107 cm³/mol. The topological polar surface area (TPSA) is 77.2 Å². The van der Waals surface area contributed by atoms with E-state index in [1.54, 1.807) is 18.4 Å². The van der Waals surface area contributed by atoms with E-state index in [1.165, 1.54) is 6.42 Å². The molecule has 2 aromatic heterocycles. The molecule has 1 aromatic carbocycles. The Kier molecular flexibility index (Phi) is 5.43. The van der Waals surface area contributed by atoms with Crippen molar-refractivity contribution in [3.8, 4) is 16.5 Å². The van der Waals surface area contributed by atoms with Crippen LogP contribution in [-0.2, 0) is 16.8 Å². The highest BCUT2D eigenvalue weighted by Gasteiger charge is 2.41. The van der Waals surface area contributed by atoms with E-state index in [1.807, 2.05) is 41.8 Å². The minimum Gasteiger partial charge on any atom is -0.497 e. The molecule has 1 aliphatic rings. The summed E-state index contributed by atoms with van der Waals surface area (Å²) in [7, 11) is 1.65. The summed E-state index contributed by atoms with van der Waals surface area (Å²) < 4.78 is 10.6. The molecule has 6 nitrogen and oxygen atoms in total. The quantitative estimate of drug-likeness (QED) is 0.670. The van der Waals surface area contributed by atoms with Crippen LogP contribution in [0.3, 0.4) is 0 Å². The van der Waals surface area contributed by atoms with Crippen LogP contribution < -0.4 is 10.1 Å². The molecule has 0 spiro atoms. The lowest BCUT2D eigenvalue weighted by Gasteiger charge is -2.36. The summed E-state index contributed by atoms with van der Waals surface area (Å²) in [5.74, 6) is 1.79. The van der Waals surface area contributed by atoms with E-state index in [2.05, 4.69) is 15.5 Å². The summed E-state index contributed by atoms with van der Waals surface area (Å²) >= 11 is 1.54. The molecule has 2 heterocycles. The van der Waals surface area contributed by atoms with Crippen LogP contribution in [0.15, 0.2) is 46.3 Å². The molecule has 28 heavy (non-hydrogen) atoms. The number of nitrogens with one attached hydrogen (secondary N) is 1. The summed E-state index contributed by atoms with van der Waals surface area (Å²) in [6.45, 7) is 0.256. The van der Waals surface area contributed by atoms with Gasteiger partial charge in [0.25, 0.3) is 5.89 Å². The number of methoxy groups -OCH3 is 1. The zero-order chi connectivity index (χ0) is 19.4. The van der Waals surface area contributed by atoms with Gasteiger partial charge in [-0.1, -0.05) is 42.6 Å². The molecular formula is C21H23N3O3S. The highest BCUT2D eigenvalue weighted by Crippen LogP contribution is 2.40. The fourth-order valence-corrected chi connectivity index (χ4v) is 4.51. The van der Waals surface area contributed by atoms with Crippen LogP contribution in [0, 0.1) is 0 Å². The fraction of sp³-hybridized carbons (Fsp3) is 0.381. The van der Waals surface area contributed by atoms with Crippen LogP contribution in [0.2, 0.25) is 0 Å². The van der Waals surface area contributed by atoms with Gasteiger partial charge in [0.15, 0.2) is 5.82 Å². The molecule has 0 radical (unpaired) electrons. The molecule has 3 aromatic rings. The maximum atomic E-state index is 13.3. The Balaban J connectivity index is 1.50. The van der Waals surface area contributed by atoms with Gasteiger partial charge in [-0.15, -0.1) is 11.3 Å². The van der Waals surface area contributed by atoms with Crippen molar-refractivity contribution in [3.05, 3.63) is 53.2 Å². The molecule has 7 heteroatoms. The average molecular weight is 398 g/mol. The third-order valence-corrected chi connectivity index (χ3v) is 6.25. The molecule has 146 valence electrons. The molecule has 0 saturated heterocycles. The van der Waals surface area contributed by atoms with Crippen molar-refractivity contribution in [2.45, 2.75) is 44.1 Å². The first kappa shape index (κ1) is 18.7. The Bertz CT molecular complexity index is 913. The van der Waals surface area contributed by atoms with Crippen molar-refractivity contribution in [2.24, 2.45) is 0 Å². The molecule has 1 saturated carbocycles. The summed E-state index contributed by atoms with van der Waals surface area (Å²) in [6, 6.07) is 11.7. The van der Waals surface area contributed by atoms with E-state index >= 15 is 0 Å².